The van der Waals surface area contributed by atoms with Crippen molar-refractivity contribution < 1.29 is 26.3 Å². The predicted octanol–water partition coefficient (Wildman–Crippen LogP) is 5.45. The van der Waals surface area contributed by atoms with E-state index in [1.807, 2.05) is 0 Å². The molecule has 0 aliphatic heterocycles. The molecule has 2 aromatic rings. The van der Waals surface area contributed by atoms with Gasteiger partial charge in [0.1, 0.15) is 15.6 Å². The van der Waals surface area contributed by atoms with Crippen molar-refractivity contribution >= 4 is 42.9 Å². The number of unbranched alkanes of at least 4 members (excludes halogenated alkanes) is 1. The second-order valence-electron chi connectivity index (χ2n) is 7.51. The summed E-state index contributed by atoms with van der Waals surface area (Å²) in [4.78, 5) is 0.0145. The van der Waals surface area contributed by atoms with Crippen molar-refractivity contribution in [2.45, 2.75) is 43.4 Å². The van der Waals surface area contributed by atoms with E-state index in [4.69, 9.17) is 32.7 Å². The van der Waals surface area contributed by atoms with Crippen LogP contribution in [0.4, 0.5) is 0 Å². The van der Waals surface area contributed by atoms with Crippen molar-refractivity contribution in [3.63, 3.8) is 0 Å². The maximum atomic E-state index is 13.0. The fraction of sp³-hybridized carbons (Fsp3) is 0.455. The molecule has 1 atom stereocenters. The summed E-state index contributed by atoms with van der Waals surface area (Å²) in [7, 11) is -7.00. The van der Waals surface area contributed by atoms with E-state index in [-0.39, 0.29) is 49.6 Å². The smallest absolute Gasteiger partial charge is 0.206 e. The summed E-state index contributed by atoms with van der Waals surface area (Å²) < 4.78 is 60.7. The molecule has 10 heteroatoms. The first-order chi connectivity index (χ1) is 15.0. The van der Waals surface area contributed by atoms with Crippen LogP contribution in [0.2, 0.25) is 10.0 Å². The van der Waals surface area contributed by atoms with Crippen molar-refractivity contribution in [1.82, 2.24) is 0 Å². The summed E-state index contributed by atoms with van der Waals surface area (Å²) in [6.45, 7) is 6.03. The van der Waals surface area contributed by atoms with E-state index in [1.165, 1.54) is 24.3 Å². The quantitative estimate of drug-likeness (QED) is 0.344. The zero-order valence-electron chi connectivity index (χ0n) is 18.3. The molecule has 0 fully saturated rings. The number of rotatable bonds is 12. The molecule has 2 aromatic carbocycles. The van der Waals surface area contributed by atoms with Gasteiger partial charge in [0, 0.05) is 11.7 Å². The average Bonchev–Trinajstić information content (AvgIpc) is 2.73. The Kier molecular flexibility index (Phi) is 9.69. The third-order valence-corrected chi connectivity index (χ3v) is 8.94. The molecule has 0 amide bonds. The number of hydrogen-bond donors (Lipinski definition) is 0. The lowest BCUT2D eigenvalue weighted by atomic mass is 10.2. The predicted molar refractivity (Wildman–Crippen MR) is 128 cm³/mol. The van der Waals surface area contributed by atoms with E-state index in [9.17, 15) is 16.8 Å². The molecule has 32 heavy (non-hydrogen) atoms. The van der Waals surface area contributed by atoms with Crippen LogP contribution < -0.4 is 9.47 Å². The highest BCUT2D eigenvalue weighted by molar-refractivity contribution is 7.91. The maximum Gasteiger partial charge on any atom is 0.206 e. The van der Waals surface area contributed by atoms with Gasteiger partial charge >= 0.3 is 0 Å². The highest BCUT2D eigenvalue weighted by Gasteiger charge is 2.22. The van der Waals surface area contributed by atoms with Crippen molar-refractivity contribution in [1.29, 1.82) is 0 Å². The molecule has 0 spiro atoms. The molecule has 0 bridgehead atoms. The van der Waals surface area contributed by atoms with Crippen LogP contribution in [-0.2, 0) is 19.7 Å². The van der Waals surface area contributed by atoms with Gasteiger partial charge in [0.15, 0.2) is 5.75 Å². The molecule has 6 nitrogen and oxygen atoms in total. The Labute approximate surface area is 200 Å². The first-order valence-corrected chi connectivity index (χ1v) is 14.4. The fourth-order valence-electron chi connectivity index (χ4n) is 2.84. The summed E-state index contributed by atoms with van der Waals surface area (Å²) in [6.07, 6.45) is 1.92. The molecule has 0 saturated carbocycles. The number of benzene rings is 2. The zero-order chi connectivity index (χ0) is 23.9. The monoisotopic (exact) mass is 522 g/mol. The van der Waals surface area contributed by atoms with Gasteiger partial charge in [-0.25, -0.2) is 16.8 Å². The van der Waals surface area contributed by atoms with E-state index >= 15 is 0 Å². The fourth-order valence-corrected chi connectivity index (χ4v) is 6.08. The van der Waals surface area contributed by atoms with E-state index in [0.29, 0.717) is 12.4 Å². The molecule has 0 aliphatic carbocycles. The molecule has 0 heterocycles. The molecule has 178 valence electrons. The van der Waals surface area contributed by atoms with Gasteiger partial charge in [-0.05, 0) is 42.8 Å². The topological polar surface area (TPSA) is 86.7 Å². The summed E-state index contributed by atoms with van der Waals surface area (Å²) in [6, 6.07) is 8.70. The minimum atomic E-state index is -3.86. The van der Waals surface area contributed by atoms with Gasteiger partial charge in [0.25, 0.3) is 0 Å². The van der Waals surface area contributed by atoms with Crippen LogP contribution in [0.25, 0.3) is 0 Å². The standard InChI is InChI=1S/C22H28Cl2O6S2/c1-4-6-11-29-17-7-9-18(10-8-17)32(27,28)19-12-20(23)22(21(24)13-19)30-14-16(3)15-31(25,26)5-2/h7-10,12-13,16H,4-6,11,14-15H2,1-3H3/t16-/m1/s1. The minimum Gasteiger partial charge on any atom is -0.494 e. The molecule has 0 unspecified atom stereocenters. The van der Waals surface area contributed by atoms with Gasteiger partial charge in [0.05, 0.1) is 38.8 Å². The van der Waals surface area contributed by atoms with Crippen LogP contribution in [0, 0.1) is 5.92 Å². The highest BCUT2D eigenvalue weighted by atomic mass is 35.5. The normalized spacial score (nSPS) is 13.0. The highest BCUT2D eigenvalue weighted by Crippen LogP contribution is 2.37. The minimum absolute atomic E-state index is 0.0244. The number of halogens is 2. The van der Waals surface area contributed by atoms with E-state index in [2.05, 4.69) is 6.92 Å². The van der Waals surface area contributed by atoms with Gasteiger partial charge in [-0.1, -0.05) is 50.4 Å². The molecular formula is C22H28Cl2O6S2. The maximum absolute atomic E-state index is 13.0. The molecule has 0 aliphatic rings. The van der Waals surface area contributed by atoms with E-state index < -0.39 is 19.7 Å². The Hall–Kier alpha value is -1.48. The van der Waals surface area contributed by atoms with Gasteiger partial charge < -0.3 is 9.47 Å². The van der Waals surface area contributed by atoms with Crippen molar-refractivity contribution in [3.05, 3.63) is 46.4 Å². The van der Waals surface area contributed by atoms with Crippen LogP contribution >= 0.6 is 23.2 Å². The van der Waals surface area contributed by atoms with Crippen LogP contribution in [0.1, 0.15) is 33.6 Å². The van der Waals surface area contributed by atoms with Gasteiger partial charge in [-0.2, -0.15) is 0 Å². The van der Waals surface area contributed by atoms with Gasteiger partial charge in [-0.15, -0.1) is 0 Å². The van der Waals surface area contributed by atoms with E-state index in [0.717, 1.165) is 12.8 Å². The van der Waals surface area contributed by atoms with Crippen molar-refractivity contribution in [3.8, 4) is 11.5 Å². The van der Waals surface area contributed by atoms with Crippen LogP contribution in [-0.4, -0.2) is 41.6 Å². The molecular weight excluding hydrogens is 495 g/mol. The molecule has 0 radical (unpaired) electrons. The van der Waals surface area contributed by atoms with E-state index in [1.54, 1.807) is 26.0 Å². The largest absolute Gasteiger partial charge is 0.494 e. The Morgan fingerprint density at radius 2 is 1.50 bits per heavy atom. The molecule has 2 rings (SSSR count). The Morgan fingerprint density at radius 3 is 2.03 bits per heavy atom. The third kappa shape index (κ3) is 7.27. The lowest BCUT2D eigenvalue weighted by Gasteiger charge is -2.16. The second kappa shape index (κ2) is 11.6. The Bertz CT molecular complexity index is 1090. The van der Waals surface area contributed by atoms with Gasteiger partial charge in [0.2, 0.25) is 9.84 Å². The number of hydrogen-bond acceptors (Lipinski definition) is 6. The lowest BCUT2D eigenvalue weighted by molar-refractivity contribution is 0.272. The lowest BCUT2D eigenvalue weighted by Crippen LogP contribution is -2.21. The third-order valence-electron chi connectivity index (χ3n) is 4.67. The summed E-state index contributed by atoms with van der Waals surface area (Å²) >= 11 is 12.5. The van der Waals surface area contributed by atoms with Crippen molar-refractivity contribution in [2.75, 3.05) is 24.7 Å². The zero-order valence-corrected chi connectivity index (χ0v) is 21.5. The first kappa shape index (κ1) is 26.8. The van der Waals surface area contributed by atoms with Crippen LogP contribution in [0.3, 0.4) is 0 Å². The van der Waals surface area contributed by atoms with Gasteiger partial charge in [-0.3, -0.25) is 0 Å². The summed E-state index contributed by atoms with van der Waals surface area (Å²) in [5, 5.41) is 0.0577. The molecule has 0 aromatic heterocycles. The number of ether oxygens (including phenoxy) is 2. The molecule has 0 N–H and O–H groups in total. The first-order valence-electron chi connectivity index (χ1n) is 10.3. The van der Waals surface area contributed by atoms with Crippen molar-refractivity contribution in [2.24, 2.45) is 5.92 Å². The Morgan fingerprint density at radius 1 is 0.906 bits per heavy atom. The number of sulfone groups is 2. The van der Waals surface area contributed by atoms with Crippen LogP contribution in [0.15, 0.2) is 46.2 Å². The molecule has 0 saturated heterocycles. The summed E-state index contributed by atoms with van der Waals surface area (Å²) in [5.74, 6) is 0.457. The summed E-state index contributed by atoms with van der Waals surface area (Å²) in [5.41, 5.74) is 0. The van der Waals surface area contributed by atoms with Crippen LogP contribution in [0.5, 0.6) is 11.5 Å². The SMILES string of the molecule is CCCCOc1ccc(S(=O)(=O)c2cc(Cl)c(OC[C@@H](C)CS(=O)(=O)CC)c(Cl)c2)cc1. The second-order valence-corrected chi connectivity index (χ2v) is 12.7. The Balaban J connectivity index is 2.17. The average molecular weight is 524 g/mol.